The first-order valence-electron chi connectivity index (χ1n) is 5.11. The maximum Gasteiger partial charge on any atom is 0.239 e. The van der Waals surface area contributed by atoms with Gasteiger partial charge in [-0.25, -0.2) is 0 Å². The first-order valence-corrected chi connectivity index (χ1v) is 5.11. The summed E-state index contributed by atoms with van der Waals surface area (Å²) in [6.45, 7) is 7.76. The van der Waals surface area contributed by atoms with Gasteiger partial charge in [0.25, 0.3) is 0 Å². The molecule has 0 aliphatic rings. The fraction of sp³-hybridized carbons (Fsp3) is 0.900. The molecule has 1 atom stereocenters. The van der Waals surface area contributed by atoms with Gasteiger partial charge in [-0.15, -0.1) is 0 Å². The lowest BCUT2D eigenvalue weighted by atomic mass is 10.2. The van der Waals surface area contributed by atoms with Gasteiger partial charge < -0.3 is 10.2 Å². The van der Waals surface area contributed by atoms with Crippen molar-refractivity contribution in [3.05, 3.63) is 0 Å². The molecule has 0 aliphatic heterocycles. The fourth-order valence-electron chi connectivity index (χ4n) is 1.07. The average molecular weight is 186 g/mol. The minimum absolute atomic E-state index is 0.0449. The van der Waals surface area contributed by atoms with Gasteiger partial charge in [-0.2, -0.15) is 0 Å². The molecule has 3 nitrogen and oxygen atoms in total. The SMILES string of the molecule is CCCCNC(C)C(=O)N(C)CC. The summed E-state index contributed by atoms with van der Waals surface area (Å²) < 4.78 is 0. The van der Waals surface area contributed by atoms with Crippen molar-refractivity contribution in [1.29, 1.82) is 0 Å². The van der Waals surface area contributed by atoms with E-state index in [1.54, 1.807) is 4.90 Å². The zero-order chi connectivity index (χ0) is 10.3. The molecule has 13 heavy (non-hydrogen) atoms. The maximum atomic E-state index is 11.5. The number of hydrogen-bond acceptors (Lipinski definition) is 2. The van der Waals surface area contributed by atoms with Crippen LogP contribution < -0.4 is 5.32 Å². The van der Waals surface area contributed by atoms with Crippen molar-refractivity contribution in [3.8, 4) is 0 Å². The van der Waals surface area contributed by atoms with E-state index < -0.39 is 0 Å². The molecular formula is C10H22N2O. The van der Waals surface area contributed by atoms with E-state index in [2.05, 4.69) is 12.2 Å². The van der Waals surface area contributed by atoms with Crippen LogP contribution in [0.15, 0.2) is 0 Å². The first-order chi connectivity index (χ1) is 6.13. The molecule has 0 rings (SSSR count). The Labute approximate surface area is 81.5 Å². The lowest BCUT2D eigenvalue weighted by Gasteiger charge is -2.20. The zero-order valence-corrected chi connectivity index (χ0v) is 9.26. The van der Waals surface area contributed by atoms with Crippen LogP contribution in [0.5, 0.6) is 0 Å². The van der Waals surface area contributed by atoms with Gasteiger partial charge in [0.1, 0.15) is 0 Å². The summed E-state index contributed by atoms with van der Waals surface area (Å²) in [5.74, 6) is 0.179. The largest absolute Gasteiger partial charge is 0.345 e. The number of likely N-dealkylation sites (N-methyl/N-ethyl adjacent to an activating group) is 1. The highest BCUT2D eigenvalue weighted by molar-refractivity contribution is 5.81. The van der Waals surface area contributed by atoms with E-state index in [9.17, 15) is 4.79 Å². The molecule has 0 heterocycles. The van der Waals surface area contributed by atoms with Gasteiger partial charge in [0.15, 0.2) is 0 Å². The minimum atomic E-state index is -0.0449. The molecule has 0 aromatic rings. The van der Waals surface area contributed by atoms with Gasteiger partial charge in [0.05, 0.1) is 6.04 Å². The Morgan fingerprint density at radius 2 is 2.08 bits per heavy atom. The Hall–Kier alpha value is -0.570. The van der Waals surface area contributed by atoms with Crippen molar-refractivity contribution >= 4 is 5.91 Å². The predicted molar refractivity (Wildman–Crippen MR) is 55.7 cm³/mol. The summed E-state index contributed by atoms with van der Waals surface area (Å²) in [5, 5.41) is 3.21. The van der Waals surface area contributed by atoms with Gasteiger partial charge in [0, 0.05) is 13.6 Å². The average Bonchev–Trinajstić information content (AvgIpc) is 2.15. The second-order valence-corrected chi connectivity index (χ2v) is 3.38. The summed E-state index contributed by atoms with van der Waals surface area (Å²) in [7, 11) is 1.83. The van der Waals surface area contributed by atoms with E-state index in [1.165, 1.54) is 0 Å². The van der Waals surface area contributed by atoms with Crippen LogP contribution in [-0.4, -0.2) is 37.0 Å². The number of hydrogen-bond donors (Lipinski definition) is 1. The van der Waals surface area contributed by atoms with Crippen LogP contribution in [0.3, 0.4) is 0 Å². The summed E-state index contributed by atoms with van der Waals surface area (Å²) in [6, 6.07) is -0.0449. The van der Waals surface area contributed by atoms with Gasteiger partial charge in [-0.05, 0) is 26.8 Å². The van der Waals surface area contributed by atoms with Crippen molar-refractivity contribution in [3.63, 3.8) is 0 Å². The fourth-order valence-corrected chi connectivity index (χ4v) is 1.07. The Bertz CT molecular complexity index is 148. The Kier molecular flexibility index (Phi) is 6.59. The second kappa shape index (κ2) is 6.89. The zero-order valence-electron chi connectivity index (χ0n) is 9.26. The van der Waals surface area contributed by atoms with Crippen LogP contribution >= 0.6 is 0 Å². The number of rotatable bonds is 6. The monoisotopic (exact) mass is 186 g/mol. The van der Waals surface area contributed by atoms with E-state index >= 15 is 0 Å². The molecule has 0 aromatic heterocycles. The van der Waals surface area contributed by atoms with E-state index in [0.717, 1.165) is 25.9 Å². The van der Waals surface area contributed by atoms with E-state index in [-0.39, 0.29) is 11.9 Å². The Morgan fingerprint density at radius 3 is 2.54 bits per heavy atom. The summed E-state index contributed by atoms with van der Waals surface area (Å²) >= 11 is 0. The Balaban J connectivity index is 3.69. The van der Waals surface area contributed by atoms with Crippen molar-refractivity contribution in [2.45, 2.75) is 39.7 Å². The molecule has 0 radical (unpaired) electrons. The molecule has 0 saturated carbocycles. The maximum absolute atomic E-state index is 11.5. The molecule has 78 valence electrons. The number of carbonyl (C=O) groups is 1. The number of amides is 1. The third-order valence-corrected chi connectivity index (χ3v) is 2.20. The van der Waals surface area contributed by atoms with E-state index in [0.29, 0.717) is 0 Å². The highest BCUT2D eigenvalue weighted by Gasteiger charge is 2.14. The van der Waals surface area contributed by atoms with Crippen LogP contribution in [0.4, 0.5) is 0 Å². The highest BCUT2D eigenvalue weighted by Crippen LogP contribution is 1.92. The van der Waals surface area contributed by atoms with Crippen molar-refractivity contribution < 1.29 is 4.79 Å². The van der Waals surface area contributed by atoms with Crippen LogP contribution in [0.2, 0.25) is 0 Å². The lowest BCUT2D eigenvalue weighted by Crippen LogP contribution is -2.43. The van der Waals surface area contributed by atoms with Crippen LogP contribution in [0.1, 0.15) is 33.6 Å². The number of nitrogens with one attached hydrogen (secondary N) is 1. The predicted octanol–water partition coefficient (Wildman–Crippen LogP) is 1.24. The number of unbranched alkanes of at least 4 members (excludes halogenated alkanes) is 1. The third kappa shape index (κ3) is 4.88. The van der Waals surface area contributed by atoms with Crippen LogP contribution in [0, 0.1) is 0 Å². The smallest absolute Gasteiger partial charge is 0.239 e. The molecule has 1 unspecified atom stereocenters. The molecule has 0 saturated heterocycles. The van der Waals surface area contributed by atoms with E-state index in [4.69, 9.17) is 0 Å². The van der Waals surface area contributed by atoms with Crippen molar-refractivity contribution in [2.75, 3.05) is 20.1 Å². The highest BCUT2D eigenvalue weighted by atomic mass is 16.2. The summed E-state index contributed by atoms with van der Waals surface area (Å²) in [4.78, 5) is 13.3. The van der Waals surface area contributed by atoms with Gasteiger partial charge in [-0.1, -0.05) is 13.3 Å². The minimum Gasteiger partial charge on any atom is -0.345 e. The Morgan fingerprint density at radius 1 is 1.46 bits per heavy atom. The van der Waals surface area contributed by atoms with Gasteiger partial charge in [0.2, 0.25) is 5.91 Å². The van der Waals surface area contributed by atoms with Crippen LogP contribution in [0.25, 0.3) is 0 Å². The third-order valence-electron chi connectivity index (χ3n) is 2.20. The topological polar surface area (TPSA) is 32.3 Å². The number of carbonyl (C=O) groups excluding carboxylic acids is 1. The normalized spacial score (nSPS) is 12.6. The quantitative estimate of drug-likeness (QED) is 0.633. The molecule has 0 fully saturated rings. The molecule has 0 aliphatic carbocycles. The lowest BCUT2D eigenvalue weighted by molar-refractivity contribution is -0.131. The first kappa shape index (κ1) is 12.4. The molecular weight excluding hydrogens is 164 g/mol. The summed E-state index contributed by atoms with van der Waals surface area (Å²) in [5.41, 5.74) is 0. The molecule has 1 N–H and O–H groups in total. The number of nitrogens with zero attached hydrogens (tertiary/aromatic N) is 1. The van der Waals surface area contributed by atoms with Crippen LogP contribution in [-0.2, 0) is 4.79 Å². The summed E-state index contributed by atoms with van der Waals surface area (Å²) in [6.07, 6.45) is 2.30. The second-order valence-electron chi connectivity index (χ2n) is 3.38. The van der Waals surface area contributed by atoms with Crippen molar-refractivity contribution in [2.24, 2.45) is 0 Å². The molecule has 3 heteroatoms. The molecule has 1 amide bonds. The molecule has 0 bridgehead atoms. The molecule has 0 aromatic carbocycles. The van der Waals surface area contributed by atoms with E-state index in [1.807, 2.05) is 20.9 Å². The molecule has 0 spiro atoms. The van der Waals surface area contributed by atoms with Gasteiger partial charge in [-0.3, -0.25) is 4.79 Å². The standard InChI is InChI=1S/C10H22N2O/c1-5-7-8-11-9(3)10(13)12(4)6-2/h9,11H,5-8H2,1-4H3. The van der Waals surface area contributed by atoms with Gasteiger partial charge >= 0.3 is 0 Å². The van der Waals surface area contributed by atoms with Crippen molar-refractivity contribution in [1.82, 2.24) is 10.2 Å².